The van der Waals surface area contributed by atoms with Crippen LogP contribution in [0.25, 0.3) is 0 Å². The lowest BCUT2D eigenvalue weighted by molar-refractivity contribution is 0.0947. The van der Waals surface area contributed by atoms with Gasteiger partial charge in [-0.3, -0.25) is 14.2 Å². The first-order valence-corrected chi connectivity index (χ1v) is 7.45. The molecule has 2 rings (SSSR count). The van der Waals surface area contributed by atoms with E-state index in [-0.39, 0.29) is 12.0 Å². The van der Waals surface area contributed by atoms with Gasteiger partial charge in [0.05, 0.1) is 6.04 Å². The van der Waals surface area contributed by atoms with E-state index in [0.29, 0.717) is 15.7 Å². The van der Waals surface area contributed by atoms with Gasteiger partial charge in [0.25, 0.3) is 11.5 Å². The molecule has 0 radical (unpaired) electrons. The molecule has 1 heterocycles. The zero-order valence-corrected chi connectivity index (χ0v) is 13.5. The molecule has 0 N–H and O–H groups in total. The molecule has 2 aromatic rings. The maximum atomic E-state index is 12.7. The second-order valence-electron chi connectivity index (χ2n) is 5.78. The van der Waals surface area contributed by atoms with E-state index < -0.39 is 17.2 Å². The Morgan fingerprint density at radius 2 is 1.78 bits per heavy atom. The van der Waals surface area contributed by atoms with Crippen molar-refractivity contribution in [1.29, 1.82) is 0 Å². The van der Waals surface area contributed by atoms with Gasteiger partial charge in [-0.15, -0.1) is 6.58 Å². The summed E-state index contributed by atoms with van der Waals surface area (Å²) in [6, 6.07) is 8.00. The molecule has 23 heavy (non-hydrogen) atoms. The zero-order chi connectivity index (χ0) is 17.1. The van der Waals surface area contributed by atoms with Crippen molar-refractivity contribution in [2.24, 2.45) is 5.92 Å². The lowest BCUT2D eigenvalue weighted by Gasteiger charge is -2.21. The Kier molecular flexibility index (Phi) is 4.79. The highest BCUT2D eigenvalue weighted by atomic mass is 16.2. The highest BCUT2D eigenvalue weighted by molar-refractivity contribution is 5.95. The molecule has 1 aromatic carbocycles. The van der Waals surface area contributed by atoms with Crippen LogP contribution in [-0.2, 0) is 0 Å². The smallest absolute Gasteiger partial charge is 0.293 e. The monoisotopic (exact) mass is 312 g/mol. The molecule has 0 aliphatic rings. The molecule has 0 saturated carbocycles. The van der Waals surface area contributed by atoms with Gasteiger partial charge in [-0.2, -0.15) is 4.57 Å². The third-order valence-corrected chi connectivity index (χ3v) is 3.75. The normalized spacial score (nSPS) is 12.2. The van der Waals surface area contributed by atoms with Crippen molar-refractivity contribution < 1.29 is 4.79 Å². The lowest BCUT2D eigenvalue weighted by Crippen LogP contribution is -2.45. The minimum Gasteiger partial charge on any atom is -0.293 e. The van der Waals surface area contributed by atoms with Crippen LogP contribution >= 0.6 is 0 Å². The predicted octanol–water partition coefficient (Wildman–Crippen LogP) is 2.39. The Labute approximate surface area is 134 Å². The maximum Gasteiger partial charge on any atom is 0.338 e. The number of carbonyl (C=O) groups is 1. The van der Waals surface area contributed by atoms with Crippen molar-refractivity contribution in [3.63, 3.8) is 0 Å². The van der Waals surface area contributed by atoms with Gasteiger partial charge in [-0.1, -0.05) is 38.1 Å². The van der Waals surface area contributed by atoms with Crippen LogP contribution in [0.15, 0.2) is 58.8 Å². The molecule has 120 valence electrons. The molecule has 5 nitrogen and oxygen atoms in total. The van der Waals surface area contributed by atoms with Gasteiger partial charge in [0.15, 0.2) is 0 Å². The molecule has 0 fully saturated rings. The van der Waals surface area contributed by atoms with E-state index >= 15 is 0 Å². The number of nitrogens with zero attached hydrogens (tertiary/aromatic N) is 2. The third-order valence-electron chi connectivity index (χ3n) is 3.75. The largest absolute Gasteiger partial charge is 0.338 e. The van der Waals surface area contributed by atoms with Crippen molar-refractivity contribution in [1.82, 2.24) is 9.13 Å². The number of rotatable bonds is 4. The van der Waals surface area contributed by atoms with Crippen molar-refractivity contribution in [2.45, 2.75) is 26.8 Å². The molecule has 0 aliphatic heterocycles. The van der Waals surface area contributed by atoms with Crippen molar-refractivity contribution in [3.8, 4) is 0 Å². The van der Waals surface area contributed by atoms with Crippen LogP contribution in [0.3, 0.4) is 0 Å². The maximum absolute atomic E-state index is 12.7. The second-order valence-corrected chi connectivity index (χ2v) is 5.78. The van der Waals surface area contributed by atoms with Gasteiger partial charge >= 0.3 is 5.69 Å². The number of hydrogen-bond acceptors (Lipinski definition) is 3. The van der Waals surface area contributed by atoms with E-state index in [1.54, 1.807) is 43.3 Å². The van der Waals surface area contributed by atoms with E-state index in [9.17, 15) is 14.4 Å². The summed E-state index contributed by atoms with van der Waals surface area (Å²) in [4.78, 5) is 37.7. The van der Waals surface area contributed by atoms with Crippen LogP contribution in [0.2, 0.25) is 0 Å². The highest BCUT2D eigenvalue weighted by Gasteiger charge is 2.21. The molecule has 0 unspecified atom stereocenters. The van der Waals surface area contributed by atoms with Gasteiger partial charge in [-0.25, -0.2) is 4.79 Å². The van der Waals surface area contributed by atoms with Gasteiger partial charge in [-0.05, 0) is 25.0 Å². The molecule has 0 aliphatic carbocycles. The van der Waals surface area contributed by atoms with Gasteiger partial charge in [0.1, 0.15) is 0 Å². The zero-order valence-electron chi connectivity index (χ0n) is 13.5. The Balaban J connectivity index is 2.72. The van der Waals surface area contributed by atoms with Crippen molar-refractivity contribution in [3.05, 3.63) is 81.1 Å². The summed E-state index contributed by atoms with van der Waals surface area (Å²) in [6.07, 6.45) is 3.14. The van der Waals surface area contributed by atoms with E-state index in [0.717, 1.165) is 0 Å². The number of carbonyl (C=O) groups excluding carboxylic acids is 1. The summed E-state index contributed by atoms with van der Waals surface area (Å²) in [5.41, 5.74) is -0.607. The molecule has 5 heteroatoms. The van der Waals surface area contributed by atoms with E-state index in [4.69, 9.17) is 0 Å². The fourth-order valence-electron chi connectivity index (χ4n) is 2.51. The molecule has 1 aromatic heterocycles. The Bertz CT molecular complexity index is 845. The van der Waals surface area contributed by atoms with Crippen LogP contribution in [0.1, 0.15) is 35.8 Å². The number of aryl methyl sites for hydroxylation is 1. The average Bonchev–Trinajstić information content (AvgIpc) is 2.53. The topological polar surface area (TPSA) is 61.1 Å². The van der Waals surface area contributed by atoms with E-state index in [1.807, 2.05) is 13.8 Å². The highest BCUT2D eigenvalue weighted by Crippen LogP contribution is 2.16. The van der Waals surface area contributed by atoms with Crippen molar-refractivity contribution >= 4 is 5.91 Å². The fraction of sp³-hybridized carbons (Fsp3) is 0.278. The van der Waals surface area contributed by atoms with E-state index in [2.05, 4.69) is 6.58 Å². The summed E-state index contributed by atoms with van der Waals surface area (Å²) in [5.74, 6) is -0.521. The minimum absolute atomic E-state index is 0.0994. The number of hydrogen-bond donors (Lipinski definition) is 0. The van der Waals surface area contributed by atoms with Crippen LogP contribution < -0.4 is 11.2 Å². The first-order chi connectivity index (χ1) is 10.9. The summed E-state index contributed by atoms with van der Waals surface area (Å²) in [6.45, 7) is 9.24. The Morgan fingerprint density at radius 3 is 2.30 bits per heavy atom. The van der Waals surface area contributed by atoms with Gasteiger partial charge in [0, 0.05) is 17.3 Å². The quantitative estimate of drug-likeness (QED) is 0.814. The van der Waals surface area contributed by atoms with Crippen LogP contribution in [-0.4, -0.2) is 15.0 Å². The average molecular weight is 312 g/mol. The lowest BCUT2D eigenvalue weighted by atomic mass is 10.0. The fourth-order valence-corrected chi connectivity index (χ4v) is 2.51. The first kappa shape index (κ1) is 16.7. The molecule has 0 saturated heterocycles. The van der Waals surface area contributed by atoms with Crippen LogP contribution in [0.5, 0.6) is 0 Å². The third kappa shape index (κ3) is 3.08. The second kappa shape index (κ2) is 6.60. The molecule has 0 spiro atoms. The number of allylic oxidation sites excluding steroid dienone is 1. The summed E-state index contributed by atoms with van der Waals surface area (Å²) >= 11 is 0. The first-order valence-electron chi connectivity index (χ1n) is 7.45. The molecule has 0 amide bonds. The number of aromatic nitrogens is 2. The number of benzene rings is 1. The van der Waals surface area contributed by atoms with Crippen molar-refractivity contribution in [2.75, 3.05) is 0 Å². The predicted molar refractivity (Wildman–Crippen MR) is 89.9 cm³/mol. The minimum atomic E-state index is -0.645. The molecular formula is C18H20N2O3. The van der Waals surface area contributed by atoms with Gasteiger partial charge < -0.3 is 0 Å². The Morgan fingerprint density at radius 1 is 1.17 bits per heavy atom. The van der Waals surface area contributed by atoms with Crippen LogP contribution in [0.4, 0.5) is 0 Å². The standard InChI is InChI=1S/C18H20N2O3/c1-5-15(12(2)3)19-11-13(4)16(21)20(18(19)23)17(22)14-9-7-6-8-10-14/h5-12,15H,1H2,2-4H3/t15-/m0/s1. The van der Waals surface area contributed by atoms with Crippen LogP contribution in [0, 0.1) is 12.8 Å². The van der Waals surface area contributed by atoms with Gasteiger partial charge in [0.2, 0.25) is 0 Å². The summed E-state index contributed by atoms with van der Waals surface area (Å²) in [5, 5.41) is 0. The SMILES string of the molecule is C=C[C@@H](C(C)C)n1cc(C)c(=O)n(C(=O)c2ccccc2)c1=O. The summed E-state index contributed by atoms with van der Waals surface area (Å²) < 4.78 is 2.10. The molecule has 0 bridgehead atoms. The summed E-state index contributed by atoms with van der Waals surface area (Å²) in [7, 11) is 0. The Hall–Kier alpha value is -2.69. The molecule has 1 atom stereocenters. The van der Waals surface area contributed by atoms with E-state index in [1.165, 1.54) is 10.8 Å². The molecular weight excluding hydrogens is 292 g/mol.